The Kier molecular flexibility index (Phi) is 16.3. The normalized spacial score (nSPS) is 11.6. The van der Waals surface area contributed by atoms with E-state index in [1.807, 2.05) is 110 Å². The van der Waals surface area contributed by atoms with Gasteiger partial charge in [0.1, 0.15) is 35.7 Å². The van der Waals surface area contributed by atoms with Gasteiger partial charge in [-0.25, -0.2) is 16.8 Å². The van der Waals surface area contributed by atoms with Crippen LogP contribution in [-0.4, -0.2) is 76.1 Å². The van der Waals surface area contributed by atoms with Gasteiger partial charge >= 0.3 is 0 Å². The predicted octanol–water partition coefficient (Wildman–Crippen LogP) is 11.2. The lowest BCUT2D eigenvalue weighted by molar-refractivity contribution is 0.320. The number of halogens is 3. The third-order valence-corrected chi connectivity index (χ3v) is 15.5. The van der Waals surface area contributed by atoms with Crippen LogP contribution in [0.2, 0.25) is 10.0 Å². The van der Waals surface area contributed by atoms with Crippen LogP contribution < -0.4 is 20.5 Å². The molecule has 0 aliphatic rings. The molecule has 0 aliphatic heterocycles. The fraction of sp³-hybridized carbons (Fsp3) is 0.148. The molecular weight excluding hydrogens is 999 g/mol. The number of para-hydroxylation sites is 2. The quantitative estimate of drug-likeness (QED) is 0.0747. The first-order chi connectivity index (χ1) is 34.5. The van der Waals surface area contributed by atoms with Gasteiger partial charge in [0.15, 0.2) is 10.1 Å². The Morgan fingerprint density at radius 3 is 1.35 bits per heavy atom. The molecule has 0 unspecified atom stereocenters. The van der Waals surface area contributed by atoms with Gasteiger partial charge < -0.3 is 20.5 Å². The molecule has 0 saturated heterocycles. The Balaban J connectivity index is 0.000000184. The van der Waals surface area contributed by atoms with Gasteiger partial charge in [0.05, 0.1) is 28.8 Å². The fourth-order valence-electron chi connectivity index (χ4n) is 8.30. The third kappa shape index (κ3) is 10.9. The Labute approximate surface area is 427 Å². The van der Waals surface area contributed by atoms with Crippen LogP contribution in [0.4, 0.5) is 0 Å². The molecule has 0 amide bonds. The number of hydrogen-bond acceptors (Lipinski definition) is 10. The van der Waals surface area contributed by atoms with Gasteiger partial charge in [-0.3, -0.25) is 9.36 Å². The van der Waals surface area contributed by atoms with Crippen molar-refractivity contribution in [2.45, 2.75) is 32.9 Å². The molecule has 8 aromatic carbocycles. The van der Waals surface area contributed by atoms with E-state index in [-0.39, 0.29) is 26.4 Å². The van der Waals surface area contributed by atoms with E-state index in [4.69, 9.17) is 44.3 Å². The zero-order valence-corrected chi connectivity index (χ0v) is 42.6. The summed E-state index contributed by atoms with van der Waals surface area (Å²) in [5, 5.41) is 17.5. The minimum atomic E-state index is -3.95. The monoisotopic (exact) mass is 1050 g/mol. The summed E-state index contributed by atoms with van der Waals surface area (Å²) in [6.45, 7) is 2.04. The summed E-state index contributed by atoms with van der Waals surface area (Å²) < 4.78 is 71.1. The fourth-order valence-corrected chi connectivity index (χ4v) is 12.0. The molecule has 3 N–H and O–H groups in total. The maximum absolute atomic E-state index is 14.0. The van der Waals surface area contributed by atoms with Crippen molar-refractivity contribution in [2.24, 2.45) is 5.73 Å². The Morgan fingerprint density at radius 1 is 0.521 bits per heavy atom. The lowest BCUT2D eigenvalue weighted by Crippen LogP contribution is -2.16. The van der Waals surface area contributed by atoms with Crippen molar-refractivity contribution in [2.75, 3.05) is 39.7 Å². The smallest absolute Gasteiger partial charge is 0.226 e. The van der Waals surface area contributed by atoms with Crippen LogP contribution >= 0.6 is 34.8 Å². The number of sulfone groups is 2. The van der Waals surface area contributed by atoms with Crippen LogP contribution in [0.25, 0.3) is 43.4 Å². The number of nitrogens with one attached hydrogen (secondary N) is 1. The molecule has 364 valence electrons. The summed E-state index contributed by atoms with van der Waals surface area (Å²) >= 11 is 18.2. The van der Waals surface area contributed by atoms with E-state index in [1.165, 1.54) is 7.05 Å². The SMILES string of the molecule is CN.CNCCOc1cccc2c(S(=O)(=O)c3cccc4ccccc34)nn(Cc3cccc(Cl)c3)c12.O=S(=O)(c1cccc2ccccc12)c1nn(Cc2cccc(Cl)c2)c2c(OCCCl)cccc12. The number of ether oxygens (including phenoxy) is 2. The maximum Gasteiger partial charge on any atom is 0.226 e. The molecule has 0 spiro atoms. The van der Waals surface area contributed by atoms with Crippen molar-refractivity contribution in [3.05, 3.63) is 191 Å². The van der Waals surface area contributed by atoms with E-state index in [9.17, 15) is 16.8 Å². The van der Waals surface area contributed by atoms with E-state index < -0.39 is 19.7 Å². The summed E-state index contributed by atoms with van der Waals surface area (Å²) in [7, 11) is -4.54. The van der Waals surface area contributed by atoms with E-state index in [0.717, 1.165) is 21.9 Å². The van der Waals surface area contributed by atoms with Crippen molar-refractivity contribution in [1.29, 1.82) is 0 Å². The van der Waals surface area contributed by atoms with E-state index in [0.29, 0.717) is 86.2 Å². The molecule has 12 nitrogen and oxygen atoms in total. The number of aromatic nitrogens is 4. The molecule has 0 saturated carbocycles. The minimum absolute atomic E-state index is 0.00458. The predicted molar refractivity (Wildman–Crippen MR) is 285 cm³/mol. The summed E-state index contributed by atoms with van der Waals surface area (Å²) in [6, 6.07) is 50.9. The second-order valence-corrected chi connectivity index (χ2v) is 20.9. The zero-order valence-electron chi connectivity index (χ0n) is 38.7. The molecular formula is C54H49Cl3N6O6S2. The maximum atomic E-state index is 14.0. The molecule has 10 rings (SSSR count). The number of likely N-dealkylation sites (N-methyl/N-ethyl adjacent to an activating group) is 1. The van der Waals surface area contributed by atoms with Crippen molar-refractivity contribution in [3.63, 3.8) is 0 Å². The highest BCUT2D eigenvalue weighted by atomic mass is 35.5. The van der Waals surface area contributed by atoms with E-state index in [2.05, 4.69) is 21.2 Å². The number of nitrogens with two attached hydrogens (primary N) is 1. The molecule has 0 aliphatic carbocycles. The van der Waals surface area contributed by atoms with E-state index >= 15 is 0 Å². The van der Waals surface area contributed by atoms with Crippen molar-refractivity contribution in [3.8, 4) is 11.5 Å². The Hall–Kier alpha value is -6.49. The lowest BCUT2D eigenvalue weighted by Gasteiger charge is -2.10. The van der Waals surface area contributed by atoms with Crippen LogP contribution in [0, 0.1) is 0 Å². The number of hydrogen-bond donors (Lipinski definition) is 2. The van der Waals surface area contributed by atoms with Gasteiger partial charge in [0, 0.05) is 38.1 Å². The summed E-state index contributed by atoms with van der Waals surface area (Å²) in [5.74, 6) is 1.40. The molecule has 2 aromatic heterocycles. The van der Waals surface area contributed by atoms with Crippen LogP contribution in [0.15, 0.2) is 190 Å². The molecule has 71 heavy (non-hydrogen) atoms. The molecule has 0 fully saturated rings. The van der Waals surface area contributed by atoms with Crippen LogP contribution in [0.1, 0.15) is 11.1 Å². The number of benzene rings is 8. The first kappa shape index (κ1) is 50.9. The minimum Gasteiger partial charge on any atom is -0.490 e. The van der Waals surface area contributed by atoms with Gasteiger partial charge in [-0.15, -0.1) is 11.6 Å². The van der Waals surface area contributed by atoms with Gasteiger partial charge in [-0.2, -0.15) is 10.2 Å². The lowest BCUT2D eigenvalue weighted by atomic mass is 10.1. The topological polar surface area (TPSA) is 160 Å². The Morgan fingerprint density at radius 2 is 0.915 bits per heavy atom. The van der Waals surface area contributed by atoms with Gasteiger partial charge in [-0.1, -0.05) is 132 Å². The molecule has 17 heteroatoms. The third-order valence-electron chi connectivity index (χ3n) is 11.4. The highest BCUT2D eigenvalue weighted by Gasteiger charge is 2.30. The zero-order chi connectivity index (χ0) is 50.1. The molecule has 10 aromatic rings. The highest BCUT2D eigenvalue weighted by Crippen LogP contribution is 2.38. The average Bonchev–Trinajstić information content (AvgIpc) is 3.96. The standard InChI is InChI=1S/C27H24ClN3O3S.C26H20Cl2N2O3S.CH5N/c1-29-15-16-34-24-13-6-12-23-26(24)31(18-19-7-4-10-21(28)17-19)30-27(23)35(32,33)25-14-5-9-20-8-2-3-11-22(20)25;27-14-15-33-23-12-5-11-22-25(23)30(17-18-6-3-9-20(28)16-18)29-26(22)34(31,32)24-13-4-8-19-7-1-2-10-21(19)24;1-2/h2-14,17,29H,15-16,18H2,1H3;1-13,16H,14-15,17H2;2H2,1H3. The second-order valence-electron chi connectivity index (χ2n) is 15.9. The largest absolute Gasteiger partial charge is 0.490 e. The van der Waals surface area contributed by atoms with Crippen molar-refractivity contribution in [1.82, 2.24) is 24.9 Å². The van der Waals surface area contributed by atoms with Crippen LogP contribution in [-0.2, 0) is 32.8 Å². The first-order valence-electron chi connectivity index (χ1n) is 22.5. The number of nitrogens with zero attached hydrogens (tertiary/aromatic N) is 4. The number of rotatable bonds is 15. The Bertz CT molecular complexity index is 3720. The van der Waals surface area contributed by atoms with Gasteiger partial charge in [-0.05, 0) is 96.7 Å². The molecule has 0 atom stereocenters. The van der Waals surface area contributed by atoms with Crippen molar-refractivity contribution >= 4 is 97.8 Å². The van der Waals surface area contributed by atoms with Crippen molar-refractivity contribution < 1.29 is 26.3 Å². The summed E-state index contributed by atoms with van der Waals surface area (Å²) in [6.07, 6.45) is 0. The average molecular weight is 1050 g/mol. The summed E-state index contributed by atoms with van der Waals surface area (Å²) in [5.41, 5.74) is 7.51. The number of alkyl halides is 1. The van der Waals surface area contributed by atoms with Gasteiger partial charge in [0.2, 0.25) is 19.7 Å². The molecule has 2 heterocycles. The number of fused-ring (bicyclic) bond motifs is 4. The van der Waals surface area contributed by atoms with Crippen LogP contribution in [0.5, 0.6) is 11.5 Å². The second kappa shape index (κ2) is 22.7. The van der Waals surface area contributed by atoms with Gasteiger partial charge in [0.25, 0.3) is 0 Å². The molecule has 0 radical (unpaired) electrons. The first-order valence-corrected chi connectivity index (χ1v) is 26.7. The highest BCUT2D eigenvalue weighted by molar-refractivity contribution is 7.92. The van der Waals surface area contributed by atoms with E-state index in [1.54, 1.807) is 76.1 Å². The van der Waals surface area contributed by atoms with Crippen LogP contribution in [0.3, 0.4) is 0 Å². The summed E-state index contributed by atoms with van der Waals surface area (Å²) in [4.78, 5) is 0.443. The molecule has 0 bridgehead atoms.